The summed E-state index contributed by atoms with van der Waals surface area (Å²) < 4.78 is 0. The number of rotatable bonds is 5. The second-order valence-corrected chi connectivity index (χ2v) is 4.48. The fraction of sp³-hybridized carbons (Fsp3) is 0.909. The maximum Gasteiger partial charge on any atom is 0.236 e. The monoisotopic (exact) mass is 229 g/mol. The van der Waals surface area contributed by atoms with Gasteiger partial charge in [0.25, 0.3) is 0 Å². The topological polar surface area (TPSA) is 55.8 Å². The largest absolute Gasteiger partial charge is 0.396 e. The molecule has 16 heavy (non-hydrogen) atoms. The van der Waals surface area contributed by atoms with Crippen LogP contribution in [0.2, 0.25) is 0 Å². The highest BCUT2D eigenvalue weighted by molar-refractivity contribution is 5.78. The van der Waals surface area contributed by atoms with Crippen LogP contribution in [-0.4, -0.2) is 73.2 Å². The van der Waals surface area contributed by atoms with Crippen LogP contribution in [0, 0.1) is 0 Å². The van der Waals surface area contributed by atoms with Crippen molar-refractivity contribution in [3.05, 3.63) is 0 Å². The third-order valence-corrected chi connectivity index (χ3v) is 3.02. The number of carbonyl (C=O) groups excluding carboxylic acids is 1. The zero-order chi connectivity index (χ0) is 12.0. The Kier molecular flexibility index (Phi) is 5.73. The van der Waals surface area contributed by atoms with Crippen molar-refractivity contribution in [1.82, 2.24) is 15.1 Å². The van der Waals surface area contributed by atoms with Crippen molar-refractivity contribution in [2.24, 2.45) is 0 Å². The highest BCUT2D eigenvalue weighted by atomic mass is 16.3. The summed E-state index contributed by atoms with van der Waals surface area (Å²) in [7, 11) is 2.07. The van der Waals surface area contributed by atoms with E-state index in [0.717, 1.165) is 26.2 Å². The lowest BCUT2D eigenvalue weighted by Crippen LogP contribution is -2.50. The van der Waals surface area contributed by atoms with Crippen molar-refractivity contribution >= 4 is 5.91 Å². The van der Waals surface area contributed by atoms with Gasteiger partial charge >= 0.3 is 0 Å². The number of carbonyl (C=O) groups is 1. The van der Waals surface area contributed by atoms with Gasteiger partial charge in [-0.05, 0) is 20.4 Å². The first-order valence-corrected chi connectivity index (χ1v) is 5.94. The molecule has 5 heteroatoms. The molecule has 0 aromatic carbocycles. The van der Waals surface area contributed by atoms with E-state index in [-0.39, 0.29) is 18.6 Å². The highest BCUT2D eigenvalue weighted by Crippen LogP contribution is 1.99. The molecule has 1 heterocycles. The third-order valence-electron chi connectivity index (χ3n) is 3.02. The number of nitrogens with zero attached hydrogens (tertiary/aromatic N) is 2. The van der Waals surface area contributed by atoms with E-state index in [9.17, 15) is 4.79 Å². The van der Waals surface area contributed by atoms with E-state index in [2.05, 4.69) is 17.3 Å². The van der Waals surface area contributed by atoms with Gasteiger partial charge in [-0.1, -0.05) is 0 Å². The normalized spacial score (nSPS) is 19.8. The summed E-state index contributed by atoms with van der Waals surface area (Å²) in [6, 6.07) is 0.196. The van der Waals surface area contributed by atoms with Gasteiger partial charge < -0.3 is 20.2 Å². The summed E-state index contributed by atoms with van der Waals surface area (Å²) in [5.74, 6) is 0.165. The molecule has 94 valence electrons. The SMILES string of the molecule is CC(CCO)NCC(=O)N1CCN(C)CC1. The van der Waals surface area contributed by atoms with E-state index >= 15 is 0 Å². The first-order chi connectivity index (χ1) is 7.63. The standard InChI is InChI=1S/C11H23N3O2/c1-10(3-8-15)12-9-11(16)14-6-4-13(2)5-7-14/h10,12,15H,3-9H2,1-2H3. The molecule has 1 unspecified atom stereocenters. The predicted octanol–water partition coefficient (Wildman–Crippen LogP) is -0.879. The second kappa shape index (κ2) is 6.83. The molecule has 1 fully saturated rings. The van der Waals surface area contributed by atoms with Gasteiger partial charge in [-0.2, -0.15) is 0 Å². The van der Waals surface area contributed by atoms with Crippen molar-refractivity contribution in [3.63, 3.8) is 0 Å². The molecule has 0 radical (unpaired) electrons. The Bertz CT molecular complexity index is 215. The van der Waals surface area contributed by atoms with Crippen molar-refractivity contribution < 1.29 is 9.90 Å². The summed E-state index contributed by atoms with van der Waals surface area (Å²) >= 11 is 0. The molecule has 1 atom stereocenters. The molecule has 0 spiro atoms. The van der Waals surface area contributed by atoms with Crippen LogP contribution in [0.4, 0.5) is 0 Å². The molecule has 0 aliphatic carbocycles. The zero-order valence-electron chi connectivity index (χ0n) is 10.3. The lowest BCUT2D eigenvalue weighted by molar-refractivity contribution is -0.131. The highest BCUT2D eigenvalue weighted by Gasteiger charge is 2.18. The molecule has 0 aromatic rings. The van der Waals surface area contributed by atoms with Crippen molar-refractivity contribution in [2.45, 2.75) is 19.4 Å². The number of hydrogen-bond acceptors (Lipinski definition) is 4. The van der Waals surface area contributed by atoms with E-state index in [1.54, 1.807) is 0 Å². The number of aliphatic hydroxyl groups is 1. The van der Waals surface area contributed by atoms with E-state index < -0.39 is 0 Å². The fourth-order valence-electron chi connectivity index (χ4n) is 1.72. The quantitative estimate of drug-likeness (QED) is 0.643. The average molecular weight is 229 g/mol. The van der Waals surface area contributed by atoms with Crippen LogP contribution < -0.4 is 5.32 Å². The molecule has 0 bridgehead atoms. The van der Waals surface area contributed by atoms with Gasteiger partial charge in [0.05, 0.1) is 6.54 Å². The molecule has 1 aliphatic heterocycles. The van der Waals surface area contributed by atoms with Gasteiger partial charge in [0.1, 0.15) is 0 Å². The van der Waals surface area contributed by atoms with Crippen molar-refractivity contribution in [2.75, 3.05) is 46.4 Å². The molecular weight excluding hydrogens is 206 g/mol. The maximum absolute atomic E-state index is 11.8. The Morgan fingerprint density at radius 3 is 2.56 bits per heavy atom. The number of nitrogens with one attached hydrogen (secondary N) is 1. The van der Waals surface area contributed by atoms with Crippen LogP contribution in [0.5, 0.6) is 0 Å². The molecule has 1 amide bonds. The first-order valence-electron chi connectivity index (χ1n) is 5.94. The van der Waals surface area contributed by atoms with Gasteiger partial charge in [-0.25, -0.2) is 0 Å². The van der Waals surface area contributed by atoms with E-state index in [4.69, 9.17) is 5.11 Å². The Hall–Kier alpha value is -0.650. The van der Waals surface area contributed by atoms with E-state index in [0.29, 0.717) is 13.0 Å². The van der Waals surface area contributed by atoms with Crippen LogP contribution in [0.1, 0.15) is 13.3 Å². The number of piperazine rings is 1. The average Bonchev–Trinajstić information content (AvgIpc) is 2.27. The van der Waals surface area contributed by atoms with Gasteiger partial charge in [0, 0.05) is 38.8 Å². The van der Waals surface area contributed by atoms with Gasteiger partial charge in [0.2, 0.25) is 5.91 Å². The number of hydrogen-bond donors (Lipinski definition) is 2. The molecular formula is C11H23N3O2. The lowest BCUT2D eigenvalue weighted by atomic mass is 10.2. The smallest absolute Gasteiger partial charge is 0.236 e. The molecule has 1 rings (SSSR count). The minimum atomic E-state index is 0.164. The third kappa shape index (κ3) is 4.47. The zero-order valence-corrected chi connectivity index (χ0v) is 10.3. The number of likely N-dealkylation sites (N-methyl/N-ethyl adjacent to an activating group) is 1. The minimum Gasteiger partial charge on any atom is -0.396 e. The summed E-state index contributed by atoms with van der Waals surface area (Å²) in [6.07, 6.45) is 0.690. The Labute approximate surface area is 97.4 Å². The first kappa shape index (κ1) is 13.4. The fourth-order valence-corrected chi connectivity index (χ4v) is 1.72. The number of aliphatic hydroxyl groups excluding tert-OH is 1. The Balaban J connectivity index is 2.19. The maximum atomic E-state index is 11.8. The van der Waals surface area contributed by atoms with Crippen LogP contribution >= 0.6 is 0 Å². The Morgan fingerprint density at radius 1 is 1.38 bits per heavy atom. The van der Waals surface area contributed by atoms with Crippen LogP contribution in [0.25, 0.3) is 0 Å². The molecule has 2 N–H and O–H groups in total. The van der Waals surface area contributed by atoms with Gasteiger partial charge in [-0.3, -0.25) is 4.79 Å². The summed E-state index contributed by atoms with van der Waals surface area (Å²) in [6.45, 7) is 6.09. The summed E-state index contributed by atoms with van der Waals surface area (Å²) in [4.78, 5) is 15.9. The van der Waals surface area contributed by atoms with Crippen molar-refractivity contribution in [3.8, 4) is 0 Å². The van der Waals surface area contributed by atoms with E-state index in [1.165, 1.54) is 0 Å². The minimum absolute atomic E-state index is 0.164. The molecule has 5 nitrogen and oxygen atoms in total. The second-order valence-electron chi connectivity index (χ2n) is 4.48. The predicted molar refractivity (Wildman–Crippen MR) is 63.2 cm³/mol. The molecule has 1 saturated heterocycles. The molecule has 1 aliphatic rings. The van der Waals surface area contributed by atoms with Crippen molar-refractivity contribution in [1.29, 1.82) is 0 Å². The molecule has 0 saturated carbocycles. The summed E-state index contributed by atoms with van der Waals surface area (Å²) in [5.41, 5.74) is 0. The lowest BCUT2D eigenvalue weighted by Gasteiger charge is -2.32. The van der Waals surface area contributed by atoms with Gasteiger partial charge in [0.15, 0.2) is 0 Å². The van der Waals surface area contributed by atoms with Crippen LogP contribution in [-0.2, 0) is 4.79 Å². The number of amides is 1. The Morgan fingerprint density at radius 2 is 2.00 bits per heavy atom. The van der Waals surface area contributed by atoms with Crippen LogP contribution in [0.3, 0.4) is 0 Å². The molecule has 0 aromatic heterocycles. The van der Waals surface area contributed by atoms with Gasteiger partial charge in [-0.15, -0.1) is 0 Å². The summed E-state index contributed by atoms with van der Waals surface area (Å²) in [5, 5.41) is 11.9. The van der Waals surface area contributed by atoms with E-state index in [1.807, 2.05) is 11.8 Å². The van der Waals surface area contributed by atoms with Crippen LogP contribution in [0.15, 0.2) is 0 Å².